The van der Waals surface area contributed by atoms with Crippen molar-refractivity contribution in [3.8, 4) is 22.3 Å². The van der Waals surface area contributed by atoms with Gasteiger partial charge in [-0.05, 0) is 0 Å². The van der Waals surface area contributed by atoms with Crippen LogP contribution in [0.3, 0.4) is 0 Å². The summed E-state index contributed by atoms with van der Waals surface area (Å²) in [7, 11) is 0. The van der Waals surface area contributed by atoms with Gasteiger partial charge in [-0.3, -0.25) is 0 Å². The van der Waals surface area contributed by atoms with E-state index in [0.717, 1.165) is 0 Å². The van der Waals surface area contributed by atoms with E-state index in [9.17, 15) is 0 Å². The molecule has 0 aliphatic heterocycles. The molecule has 0 N–H and O–H groups in total. The Morgan fingerprint density at radius 3 is 1.50 bits per heavy atom. The fourth-order valence-electron chi connectivity index (χ4n) is 7.44. The molecule has 0 nitrogen and oxygen atoms in total. The second-order valence-electron chi connectivity index (χ2n) is 13.1. The van der Waals surface area contributed by atoms with E-state index in [2.05, 4.69) is 139 Å². The van der Waals surface area contributed by atoms with Gasteiger partial charge < -0.3 is 0 Å². The first-order chi connectivity index (χ1) is 19.3. The van der Waals surface area contributed by atoms with Crippen molar-refractivity contribution in [2.45, 2.75) is 56.4 Å². The molecule has 4 aromatic carbocycles. The summed E-state index contributed by atoms with van der Waals surface area (Å²) in [5, 5.41) is 0. The fraction of sp³-hybridized carbons (Fsp3) is 0.263. The number of unbranched alkanes of at least 4 members (excludes halogenated alkanes) is 1. The molecule has 40 heavy (non-hydrogen) atoms. The topological polar surface area (TPSA) is 0 Å². The second-order valence-corrected chi connectivity index (χ2v) is 57.5. The van der Waals surface area contributed by atoms with Crippen molar-refractivity contribution in [1.29, 1.82) is 0 Å². The minimum absolute atomic E-state index is 0.404. The van der Waals surface area contributed by atoms with Crippen LogP contribution in [-0.4, -0.2) is 6.22 Å². The number of benzene rings is 4. The Morgan fingerprint density at radius 1 is 0.625 bits per heavy atom. The number of hydrogen-bond acceptors (Lipinski definition) is 0. The molecule has 0 fully saturated rings. The molecule has 202 valence electrons. The van der Waals surface area contributed by atoms with E-state index in [1.807, 2.05) is 0 Å². The first-order valence-electron chi connectivity index (χ1n) is 15.1. The summed E-state index contributed by atoms with van der Waals surface area (Å²) in [5.41, 5.74) is 14.2. The summed E-state index contributed by atoms with van der Waals surface area (Å²) in [6, 6.07) is 33.8. The van der Waals surface area contributed by atoms with E-state index >= 15 is 0 Å². The third kappa shape index (κ3) is 4.72. The van der Waals surface area contributed by atoms with Gasteiger partial charge in [0.05, 0.1) is 0 Å². The zero-order valence-electron chi connectivity index (χ0n) is 24.7. The summed E-state index contributed by atoms with van der Waals surface area (Å²) in [6.45, 7) is 6.70. The van der Waals surface area contributed by atoms with E-state index in [1.165, 1.54) is 63.4 Å². The van der Waals surface area contributed by atoms with Crippen LogP contribution in [-0.2, 0) is 17.1 Å². The predicted molar refractivity (Wildman–Crippen MR) is 175 cm³/mol. The summed E-state index contributed by atoms with van der Waals surface area (Å²) in [6.07, 6.45) is 13.3. The van der Waals surface area contributed by atoms with Gasteiger partial charge >= 0.3 is 245 Å². The maximum absolute atomic E-state index is 3.63. The first-order valence-corrected chi connectivity index (χ1v) is 34.1. The monoisotopic (exact) mass is 706 g/mol. The third-order valence-corrected chi connectivity index (χ3v) is 52.5. The molecule has 2 aliphatic carbocycles. The van der Waals surface area contributed by atoms with Crippen LogP contribution in [0.15, 0.2) is 97.1 Å². The molecule has 0 heterocycles. The van der Waals surface area contributed by atoms with Gasteiger partial charge in [0.25, 0.3) is 0 Å². The Balaban J connectivity index is 1.49. The molecule has 2 atom stereocenters. The van der Waals surface area contributed by atoms with Crippen LogP contribution in [0.5, 0.6) is 0 Å². The van der Waals surface area contributed by atoms with Crippen LogP contribution in [0.2, 0.25) is 15.4 Å². The van der Waals surface area contributed by atoms with Crippen molar-refractivity contribution in [1.82, 2.24) is 0 Å². The van der Waals surface area contributed by atoms with E-state index < -0.39 is 17.1 Å². The molecule has 2 heteroatoms. The number of rotatable bonds is 7. The molecule has 0 amide bonds. The van der Waals surface area contributed by atoms with Crippen LogP contribution >= 0.6 is 0 Å². The summed E-state index contributed by atoms with van der Waals surface area (Å²) < 4.78 is 6.86. The van der Waals surface area contributed by atoms with Crippen LogP contribution in [0.1, 0.15) is 60.5 Å². The summed E-state index contributed by atoms with van der Waals surface area (Å²) in [4.78, 5) is 0. The van der Waals surface area contributed by atoms with Crippen molar-refractivity contribution >= 4 is 18.4 Å². The third-order valence-electron chi connectivity index (χ3n) is 9.89. The Kier molecular flexibility index (Phi) is 7.38. The van der Waals surface area contributed by atoms with Crippen molar-refractivity contribution in [3.05, 3.63) is 130 Å². The normalized spacial score (nSPS) is 17.6. The number of aryl methyl sites for hydroxylation is 2. The Labute approximate surface area is 243 Å². The number of hydrogen-bond donors (Lipinski definition) is 0. The van der Waals surface area contributed by atoms with Crippen molar-refractivity contribution < 1.29 is 17.1 Å². The van der Waals surface area contributed by atoms with Crippen molar-refractivity contribution in [3.63, 3.8) is 0 Å². The van der Waals surface area contributed by atoms with Crippen LogP contribution in [0.4, 0.5) is 0 Å². The van der Waals surface area contributed by atoms with E-state index in [-0.39, 0.29) is 0 Å². The SMILES string of the molecule is CCCC[SiH]=[Hf]([CH3])([CH3])([CH]1C=Cc2c(-c3ccc(C)cc3)cccc21)[CH]1C=Cc2c(-c3ccc(C)cc3)cccc21. The van der Waals surface area contributed by atoms with Crippen molar-refractivity contribution in [2.75, 3.05) is 0 Å². The average Bonchev–Trinajstić information content (AvgIpc) is 3.60. The molecule has 0 saturated heterocycles. The van der Waals surface area contributed by atoms with Crippen LogP contribution in [0.25, 0.3) is 34.4 Å². The Hall–Kier alpha value is -2.55. The van der Waals surface area contributed by atoms with Gasteiger partial charge in [-0.1, -0.05) is 0 Å². The summed E-state index contributed by atoms with van der Waals surface area (Å²) in [5.74, 6) is 0. The zero-order chi connectivity index (χ0) is 27.9. The molecular weight excluding hydrogens is 663 g/mol. The predicted octanol–water partition coefficient (Wildman–Crippen LogP) is 10.8. The second kappa shape index (κ2) is 10.7. The zero-order valence-corrected chi connectivity index (χ0v) is 29.5. The van der Waals surface area contributed by atoms with E-state index in [1.54, 1.807) is 11.1 Å². The molecule has 2 aliphatic rings. The molecule has 0 aromatic heterocycles. The molecule has 0 bridgehead atoms. The van der Waals surface area contributed by atoms with Gasteiger partial charge in [-0.2, -0.15) is 0 Å². The molecule has 0 spiro atoms. The summed E-state index contributed by atoms with van der Waals surface area (Å²) >= 11 is -3.63. The Morgan fingerprint density at radius 2 is 1.07 bits per heavy atom. The maximum atomic E-state index is 2.84. The number of fused-ring (bicyclic) bond motifs is 2. The van der Waals surface area contributed by atoms with Gasteiger partial charge in [0.1, 0.15) is 0 Å². The molecule has 0 saturated carbocycles. The van der Waals surface area contributed by atoms with Crippen molar-refractivity contribution in [2.24, 2.45) is 0 Å². The van der Waals surface area contributed by atoms with Gasteiger partial charge in [0.15, 0.2) is 0 Å². The minimum atomic E-state index is -3.63. The molecule has 4 aromatic rings. The van der Waals surface area contributed by atoms with Gasteiger partial charge in [-0.15, -0.1) is 0 Å². The van der Waals surface area contributed by atoms with Crippen LogP contribution < -0.4 is 0 Å². The molecular formula is C38H42HfSi. The molecule has 6 rings (SSSR count). The molecule has 0 radical (unpaired) electrons. The van der Waals surface area contributed by atoms with Gasteiger partial charge in [0.2, 0.25) is 0 Å². The standard InChI is InChI=1S/2C16H13.C4H10Si.2CH3.Hf/c2*1-12-8-10-14(11-9-12)16-7-3-5-13-4-2-6-15(13)16;1-2-3-4-5;;;/h2*2-11H,1H3;5H,2-4H2,1H3;2*1H3;. The van der Waals surface area contributed by atoms with Crippen LogP contribution in [0, 0.1) is 13.8 Å². The molecule has 2 unspecified atom stereocenters. The van der Waals surface area contributed by atoms with E-state index in [0.29, 0.717) is 13.6 Å². The van der Waals surface area contributed by atoms with E-state index in [4.69, 9.17) is 0 Å². The first kappa shape index (κ1) is 27.6. The average molecular weight is 705 g/mol. The van der Waals surface area contributed by atoms with Gasteiger partial charge in [-0.25, -0.2) is 0 Å². The fourth-order valence-corrected chi connectivity index (χ4v) is 47.0. The van der Waals surface area contributed by atoms with Gasteiger partial charge in [0, 0.05) is 0 Å². The quantitative estimate of drug-likeness (QED) is 0.133. The Bertz CT molecular complexity index is 1580. The number of allylic oxidation sites excluding steroid dienone is 2.